The summed E-state index contributed by atoms with van der Waals surface area (Å²) < 4.78 is 14.5. The van der Waals surface area contributed by atoms with Crippen molar-refractivity contribution in [1.29, 1.82) is 0 Å². The summed E-state index contributed by atoms with van der Waals surface area (Å²) >= 11 is 0. The average Bonchev–Trinajstić information content (AvgIpc) is 3.56. The van der Waals surface area contributed by atoms with Gasteiger partial charge in [0.25, 0.3) is 0 Å². The standard InChI is InChI=1S/C51H32O3/c52-48-42-21-11-9-19-40(42)46-41-20-10-12-22-43(41)49-44(47(46)48)30-32-51(54-49,35-16-5-2-6-17-35)37-26-24-36(25-27-37)50(34-14-3-1-4-15-34)31-29-39-38-18-8-7-13-33(38)23-28-45(39)53-50/h1-32H. The number of hydrogen-bond donors (Lipinski definition) is 0. The predicted octanol–water partition coefficient (Wildman–Crippen LogP) is 11.9. The number of carbonyl (C=O) groups excluding carboxylic acids is 1. The summed E-state index contributed by atoms with van der Waals surface area (Å²) in [5.74, 6) is 1.59. The van der Waals surface area contributed by atoms with Crippen molar-refractivity contribution in [3.05, 3.63) is 227 Å². The predicted molar refractivity (Wildman–Crippen MR) is 217 cm³/mol. The Labute approximate surface area is 313 Å². The van der Waals surface area contributed by atoms with Gasteiger partial charge in [-0.3, -0.25) is 4.79 Å². The summed E-state index contributed by atoms with van der Waals surface area (Å²) in [6, 6.07) is 58.2. The first-order chi connectivity index (χ1) is 26.6. The lowest BCUT2D eigenvalue weighted by Crippen LogP contribution is -2.36. The van der Waals surface area contributed by atoms with Crippen molar-refractivity contribution in [2.75, 3.05) is 0 Å². The van der Waals surface area contributed by atoms with Crippen LogP contribution in [0.2, 0.25) is 0 Å². The molecule has 0 saturated heterocycles. The van der Waals surface area contributed by atoms with E-state index >= 15 is 0 Å². The zero-order valence-electron chi connectivity index (χ0n) is 29.2. The van der Waals surface area contributed by atoms with Crippen LogP contribution in [0.4, 0.5) is 0 Å². The molecular formula is C51H32O3. The smallest absolute Gasteiger partial charge is 0.195 e. The van der Waals surface area contributed by atoms with Crippen molar-refractivity contribution in [2.24, 2.45) is 0 Å². The minimum atomic E-state index is -0.965. The molecule has 2 heterocycles. The van der Waals surface area contributed by atoms with Gasteiger partial charge in [0.1, 0.15) is 11.5 Å². The van der Waals surface area contributed by atoms with Gasteiger partial charge in [-0.25, -0.2) is 0 Å². The Balaban J connectivity index is 1.08. The minimum absolute atomic E-state index is 0.0359. The highest BCUT2D eigenvalue weighted by Crippen LogP contribution is 2.53. The molecule has 0 saturated carbocycles. The van der Waals surface area contributed by atoms with Crippen molar-refractivity contribution in [3.63, 3.8) is 0 Å². The number of ether oxygens (including phenoxy) is 2. The fourth-order valence-corrected chi connectivity index (χ4v) is 8.88. The van der Waals surface area contributed by atoms with Gasteiger partial charge in [-0.1, -0.05) is 164 Å². The molecule has 3 aliphatic rings. The molecule has 8 aromatic rings. The molecule has 254 valence electrons. The maximum Gasteiger partial charge on any atom is 0.195 e. The summed E-state index contributed by atoms with van der Waals surface area (Å²) in [5, 5.41) is 4.34. The molecule has 3 nitrogen and oxygen atoms in total. The third-order valence-electron chi connectivity index (χ3n) is 11.5. The molecule has 54 heavy (non-hydrogen) atoms. The van der Waals surface area contributed by atoms with Crippen LogP contribution in [-0.4, -0.2) is 5.78 Å². The van der Waals surface area contributed by atoms with Gasteiger partial charge in [0, 0.05) is 55.5 Å². The lowest BCUT2D eigenvalue weighted by atomic mass is 9.79. The van der Waals surface area contributed by atoms with E-state index in [1.807, 2.05) is 54.6 Å². The Morgan fingerprint density at radius 3 is 1.59 bits per heavy atom. The van der Waals surface area contributed by atoms with E-state index in [1.54, 1.807) is 0 Å². The molecule has 0 radical (unpaired) electrons. The normalized spacial score (nSPS) is 19.1. The van der Waals surface area contributed by atoms with Crippen LogP contribution in [0.25, 0.3) is 44.8 Å². The highest BCUT2D eigenvalue weighted by atomic mass is 16.5. The first-order valence-corrected chi connectivity index (χ1v) is 18.4. The summed E-state index contributed by atoms with van der Waals surface area (Å²) in [5.41, 5.74) is 7.49. The van der Waals surface area contributed by atoms with Gasteiger partial charge in [-0.2, -0.15) is 0 Å². The Hall–Kier alpha value is -6.97. The van der Waals surface area contributed by atoms with Crippen LogP contribution in [0.15, 0.2) is 182 Å². The second-order valence-electron chi connectivity index (χ2n) is 14.3. The van der Waals surface area contributed by atoms with Crippen LogP contribution in [0, 0.1) is 0 Å². The number of ketones is 1. The maximum atomic E-state index is 14.1. The summed E-state index contributed by atoms with van der Waals surface area (Å²) in [4.78, 5) is 14.1. The lowest BCUT2D eigenvalue weighted by Gasteiger charge is -2.39. The lowest BCUT2D eigenvalue weighted by molar-refractivity contribution is 0.104. The molecule has 11 rings (SSSR count). The third kappa shape index (κ3) is 4.27. The van der Waals surface area contributed by atoms with Crippen LogP contribution >= 0.6 is 0 Å². The quantitative estimate of drug-likeness (QED) is 0.184. The van der Waals surface area contributed by atoms with E-state index in [0.29, 0.717) is 11.3 Å². The average molecular weight is 693 g/mol. The Morgan fingerprint density at radius 1 is 0.389 bits per heavy atom. The van der Waals surface area contributed by atoms with Crippen LogP contribution in [0.1, 0.15) is 49.3 Å². The van der Waals surface area contributed by atoms with Crippen LogP contribution in [0.3, 0.4) is 0 Å². The highest BCUT2D eigenvalue weighted by Gasteiger charge is 2.43. The molecule has 0 fully saturated rings. The summed E-state index contributed by atoms with van der Waals surface area (Å²) in [6.07, 6.45) is 8.62. The van der Waals surface area contributed by atoms with E-state index in [4.69, 9.17) is 9.47 Å². The van der Waals surface area contributed by atoms with Crippen LogP contribution in [-0.2, 0) is 11.2 Å². The van der Waals surface area contributed by atoms with Crippen LogP contribution < -0.4 is 9.47 Å². The second kappa shape index (κ2) is 11.5. The molecule has 2 atom stereocenters. The zero-order valence-corrected chi connectivity index (χ0v) is 29.2. The van der Waals surface area contributed by atoms with E-state index in [9.17, 15) is 4.79 Å². The van der Waals surface area contributed by atoms with E-state index in [2.05, 4.69) is 140 Å². The second-order valence-corrected chi connectivity index (χ2v) is 14.3. The van der Waals surface area contributed by atoms with Gasteiger partial charge < -0.3 is 9.47 Å². The largest absolute Gasteiger partial charge is 0.473 e. The van der Waals surface area contributed by atoms with E-state index in [1.165, 1.54) is 10.8 Å². The molecule has 2 unspecified atom stereocenters. The molecule has 1 aliphatic carbocycles. The fraction of sp³-hybridized carbons (Fsp3) is 0.0392. The molecule has 2 aliphatic heterocycles. The first kappa shape index (κ1) is 30.6. The Bertz CT molecular complexity index is 2890. The Morgan fingerprint density at radius 2 is 0.907 bits per heavy atom. The monoisotopic (exact) mass is 692 g/mol. The molecule has 0 amide bonds. The van der Waals surface area contributed by atoms with Gasteiger partial charge in [-0.05, 0) is 52.1 Å². The highest BCUT2D eigenvalue weighted by molar-refractivity contribution is 6.28. The number of fused-ring (bicyclic) bond motifs is 11. The molecule has 3 heteroatoms. The molecule has 8 aromatic carbocycles. The first-order valence-electron chi connectivity index (χ1n) is 18.4. The molecular weight excluding hydrogens is 661 g/mol. The van der Waals surface area contributed by atoms with Crippen molar-refractivity contribution in [3.8, 4) is 22.6 Å². The number of rotatable bonds is 4. The molecule has 0 N–H and O–H groups in total. The Kier molecular flexibility index (Phi) is 6.53. The number of benzene rings is 8. The van der Waals surface area contributed by atoms with Gasteiger partial charge in [0.15, 0.2) is 17.0 Å². The molecule has 0 aromatic heterocycles. The number of hydrogen-bond acceptors (Lipinski definition) is 3. The number of carbonyl (C=O) groups is 1. The third-order valence-corrected chi connectivity index (χ3v) is 11.5. The fourth-order valence-electron chi connectivity index (χ4n) is 8.88. The summed E-state index contributed by atoms with van der Waals surface area (Å²) in [7, 11) is 0. The topological polar surface area (TPSA) is 35.5 Å². The SMILES string of the molecule is O=C1c2ccccc2-c2c1c1c(c3ccccc23)OC(c2ccccc2)(c2ccc(C3(c4ccccc4)C=Cc4c(ccc5ccccc45)O3)cc2)C=C1. The van der Waals surface area contributed by atoms with Crippen molar-refractivity contribution >= 4 is 39.5 Å². The molecule has 0 bridgehead atoms. The van der Waals surface area contributed by atoms with E-state index < -0.39 is 11.2 Å². The molecule has 0 spiro atoms. The van der Waals surface area contributed by atoms with Crippen molar-refractivity contribution < 1.29 is 14.3 Å². The minimum Gasteiger partial charge on any atom is -0.473 e. The van der Waals surface area contributed by atoms with Crippen molar-refractivity contribution in [2.45, 2.75) is 11.2 Å². The zero-order chi connectivity index (χ0) is 35.9. The van der Waals surface area contributed by atoms with Gasteiger partial charge in [0.05, 0.1) is 0 Å². The summed E-state index contributed by atoms with van der Waals surface area (Å²) in [6.45, 7) is 0. The van der Waals surface area contributed by atoms with Crippen molar-refractivity contribution in [1.82, 2.24) is 0 Å². The van der Waals surface area contributed by atoms with E-state index in [0.717, 1.165) is 66.6 Å². The van der Waals surface area contributed by atoms with Crippen LogP contribution in [0.5, 0.6) is 11.5 Å². The van der Waals surface area contributed by atoms with Gasteiger partial charge in [0.2, 0.25) is 0 Å². The van der Waals surface area contributed by atoms with Gasteiger partial charge in [-0.15, -0.1) is 0 Å². The maximum absolute atomic E-state index is 14.1. The van der Waals surface area contributed by atoms with Gasteiger partial charge >= 0.3 is 0 Å². The van der Waals surface area contributed by atoms with E-state index in [-0.39, 0.29) is 5.78 Å².